The highest BCUT2D eigenvalue weighted by Gasteiger charge is 2.07. The Hall–Kier alpha value is -1.29. The van der Waals surface area contributed by atoms with Crippen molar-refractivity contribution >= 4 is 23.5 Å². The van der Waals surface area contributed by atoms with Crippen LogP contribution in [0.1, 0.15) is 24.2 Å². The Labute approximate surface area is 99.2 Å². The molecule has 0 spiro atoms. The molecule has 0 heterocycles. The van der Waals surface area contributed by atoms with Crippen LogP contribution in [0.2, 0.25) is 0 Å². The van der Waals surface area contributed by atoms with Crippen molar-refractivity contribution in [3.05, 3.63) is 29.8 Å². The second-order valence-corrected chi connectivity index (χ2v) is 4.29. The third-order valence-electron chi connectivity index (χ3n) is 1.79. The monoisotopic (exact) mass is 238 g/mol. The predicted octanol–water partition coefficient (Wildman–Crippen LogP) is 2.54. The van der Waals surface area contributed by atoms with Gasteiger partial charge in [0.1, 0.15) is 5.78 Å². The highest BCUT2D eigenvalue weighted by molar-refractivity contribution is 8.00. The Morgan fingerprint density at radius 3 is 2.75 bits per heavy atom. The van der Waals surface area contributed by atoms with Gasteiger partial charge < -0.3 is 4.74 Å². The predicted molar refractivity (Wildman–Crippen MR) is 63.8 cm³/mol. The van der Waals surface area contributed by atoms with Crippen molar-refractivity contribution in [2.75, 3.05) is 12.4 Å². The minimum absolute atomic E-state index is 0.117. The number of ether oxygens (including phenoxy) is 1. The van der Waals surface area contributed by atoms with Gasteiger partial charge in [0.25, 0.3) is 0 Å². The standard InChI is InChI=1S/C12H14O3S/c1-3-15-12(14)10-5-4-6-11(7-10)16-8-9(2)13/h4-7H,3,8H2,1-2H3. The SMILES string of the molecule is CCOC(=O)c1cccc(SCC(C)=O)c1. The molecule has 0 N–H and O–H groups in total. The molecule has 0 radical (unpaired) electrons. The first-order valence-electron chi connectivity index (χ1n) is 5.03. The number of hydrogen-bond acceptors (Lipinski definition) is 4. The minimum atomic E-state index is -0.326. The quantitative estimate of drug-likeness (QED) is 0.584. The summed E-state index contributed by atoms with van der Waals surface area (Å²) in [5.74, 6) is 0.214. The molecule has 0 saturated carbocycles. The smallest absolute Gasteiger partial charge is 0.338 e. The van der Waals surface area contributed by atoms with Gasteiger partial charge in [0, 0.05) is 4.90 Å². The van der Waals surface area contributed by atoms with E-state index in [2.05, 4.69) is 0 Å². The van der Waals surface area contributed by atoms with Crippen LogP contribution in [0, 0.1) is 0 Å². The Kier molecular flexibility index (Phi) is 5.05. The third kappa shape index (κ3) is 4.06. The van der Waals surface area contributed by atoms with E-state index in [0.717, 1.165) is 4.90 Å². The van der Waals surface area contributed by atoms with Gasteiger partial charge in [0.2, 0.25) is 0 Å². The van der Waals surface area contributed by atoms with Crippen LogP contribution >= 0.6 is 11.8 Å². The van der Waals surface area contributed by atoms with Crippen LogP contribution in [0.5, 0.6) is 0 Å². The molecular weight excluding hydrogens is 224 g/mol. The van der Waals surface area contributed by atoms with Crippen LogP contribution in [-0.2, 0) is 9.53 Å². The summed E-state index contributed by atoms with van der Waals surface area (Å²) in [5.41, 5.74) is 0.524. The van der Waals surface area contributed by atoms with Crippen molar-refractivity contribution in [2.24, 2.45) is 0 Å². The number of benzene rings is 1. The van der Waals surface area contributed by atoms with E-state index < -0.39 is 0 Å². The van der Waals surface area contributed by atoms with Gasteiger partial charge in [-0.3, -0.25) is 4.79 Å². The number of hydrogen-bond donors (Lipinski definition) is 0. The molecule has 0 unspecified atom stereocenters. The molecule has 0 amide bonds. The second kappa shape index (κ2) is 6.33. The van der Waals surface area contributed by atoms with Crippen molar-refractivity contribution in [1.29, 1.82) is 0 Å². The van der Waals surface area contributed by atoms with Crippen molar-refractivity contribution in [1.82, 2.24) is 0 Å². The van der Waals surface area contributed by atoms with Crippen LogP contribution in [0.25, 0.3) is 0 Å². The molecule has 0 saturated heterocycles. The highest BCUT2D eigenvalue weighted by atomic mass is 32.2. The Morgan fingerprint density at radius 1 is 1.38 bits per heavy atom. The van der Waals surface area contributed by atoms with E-state index in [1.54, 1.807) is 32.0 Å². The lowest BCUT2D eigenvalue weighted by molar-refractivity contribution is -0.114. The highest BCUT2D eigenvalue weighted by Crippen LogP contribution is 2.19. The fourth-order valence-electron chi connectivity index (χ4n) is 1.11. The van der Waals surface area contributed by atoms with Gasteiger partial charge in [0.05, 0.1) is 17.9 Å². The van der Waals surface area contributed by atoms with Gasteiger partial charge in [-0.15, -0.1) is 11.8 Å². The third-order valence-corrected chi connectivity index (χ3v) is 2.93. The molecule has 0 aromatic heterocycles. The maximum Gasteiger partial charge on any atom is 0.338 e. The topological polar surface area (TPSA) is 43.4 Å². The summed E-state index contributed by atoms with van der Waals surface area (Å²) < 4.78 is 4.89. The molecule has 86 valence electrons. The van der Waals surface area contributed by atoms with Crippen LogP contribution in [0.4, 0.5) is 0 Å². The number of esters is 1. The average molecular weight is 238 g/mol. The van der Waals surface area contributed by atoms with Crippen LogP contribution in [0.15, 0.2) is 29.2 Å². The largest absolute Gasteiger partial charge is 0.462 e. The molecule has 0 aliphatic carbocycles. The van der Waals surface area contributed by atoms with Gasteiger partial charge >= 0.3 is 5.97 Å². The Bertz CT molecular complexity index is 388. The first kappa shape index (κ1) is 12.8. The Balaban J connectivity index is 2.70. The molecule has 3 nitrogen and oxygen atoms in total. The first-order chi connectivity index (χ1) is 7.63. The molecule has 4 heteroatoms. The summed E-state index contributed by atoms with van der Waals surface area (Å²) in [6.45, 7) is 3.68. The van der Waals surface area contributed by atoms with Gasteiger partial charge in [-0.05, 0) is 32.0 Å². The van der Waals surface area contributed by atoms with E-state index >= 15 is 0 Å². The zero-order valence-electron chi connectivity index (χ0n) is 9.36. The number of carbonyl (C=O) groups is 2. The number of Topliss-reactive ketones (excluding diaryl/α,β-unsaturated/α-hetero) is 1. The maximum absolute atomic E-state index is 11.4. The maximum atomic E-state index is 11.4. The van der Waals surface area contributed by atoms with Crippen LogP contribution in [-0.4, -0.2) is 24.1 Å². The van der Waals surface area contributed by atoms with Crippen LogP contribution in [0.3, 0.4) is 0 Å². The number of carbonyl (C=O) groups excluding carboxylic acids is 2. The van der Waals surface area contributed by atoms with E-state index in [1.165, 1.54) is 11.8 Å². The van der Waals surface area contributed by atoms with E-state index in [4.69, 9.17) is 4.74 Å². The summed E-state index contributed by atoms with van der Waals surface area (Å²) >= 11 is 1.42. The average Bonchev–Trinajstić information content (AvgIpc) is 2.27. The molecular formula is C12H14O3S. The molecule has 16 heavy (non-hydrogen) atoms. The van der Waals surface area contributed by atoms with Crippen molar-refractivity contribution < 1.29 is 14.3 Å². The molecule has 1 aromatic carbocycles. The van der Waals surface area contributed by atoms with Gasteiger partial charge in [0.15, 0.2) is 0 Å². The normalized spacial score (nSPS) is 9.88. The van der Waals surface area contributed by atoms with Crippen LogP contribution < -0.4 is 0 Å². The van der Waals surface area contributed by atoms with E-state index in [0.29, 0.717) is 17.9 Å². The summed E-state index contributed by atoms with van der Waals surface area (Å²) in [6, 6.07) is 7.10. The zero-order valence-corrected chi connectivity index (χ0v) is 10.2. The summed E-state index contributed by atoms with van der Waals surface area (Å²) in [4.78, 5) is 23.2. The zero-order chi connectivity index (χ0) is 12.0. The summed E-state index contributed by atoms with van der Waals surface area (Å²) in [5, 5.41) is 0. The minimum Gasteiger partial charge on any atom is -0.462 e. The van der Waals surface area contributed by atoms with Crippen molar-refractivity contribution in [3.63, 3.8) is 0 Å². The molecule has 0 fully saturated rings. The number of rotatable bonds is 5. The van der Waals surface area contributed by atoms with Crippen molar-refractivity contribution in [3.8, 4) is 0 Å². The molecule has 1 rings (SSSR count). The van der Waals surface area contributed by atoms with Gasteiger partial charge in [-0.1, -0.05) is 6.07 Å². The molecule has 0 aliphatic rings. The summed E-state index contributed by atoms with van der Waals surface area (Å²) in [6.07, 6.45) is 0. The van der Waals surface area contributed by atoms with Gasteiger partial charge in [-0.25, -0.2) is 4.79 Å². The van der Waals surface area contributed by atoms with Gasteiger partial charge in [-0.2, -0.15) is 0 Å². The summed E-state index contributed by atoms with van der Waals surface area (Å²) in [7, 11) is 0. The molecule has 0 bridgehead atoms. The lowest BCUT2D eigenvalue weighted by Crippen LogP contribution is -2.04. The number of ketones is 1. The Morgan fingerprint density at radius 2 is 2.12 bits per heavy atom. The molecule has 0 atom stereocenters. The lowest BCUT2D eigenvalue weighted by atomic mass is 10.2. The van der Waals surface area contributed by atoms with Crippen molar-refractivity contribution in [2.45, 2.75) is 18.7 Å². The van der Waals surface area contributed by atoms with E-state index in [1.807, 2.05) is 6.07 Å². The lowest BCUT2D eigenvalue weighted by Gasteiger charge is -2.03. The molecule has 1 aromatic rings. The molecule has 0 aliphatic heterocycles. The second-order valence-electron chi connectivity index (χ2n) is 3.24. The first-order valence-corrected chi connectivity index (χ1v) is 6.01. The fourth-order valence-corrected chi connectivity index (χ4v) is 1.87. The fraction of sp³-hybridized carbons (Fsp3) is 0.333. The van der Waals surface area contributed by atoms with E-state index in [9.17, 15) is 9.59 Å². The number of thioether (sulfide) groups is 1. The van der Waals surface area contributed by atoms with E-state index in [-0.39, 0.29) is 11.8 Å².